The second-order valence-electron chi connectivity index (χ2n) is 3.93. The summed E-state index contributed by atoms with van der Waals surface area (Å²) in [4.78, 5) is 4.41. The molecular weight excluding hydrogens is 200 g/mol. The van der Waals surface area contributed by atoms with Crippen LogP contribution in [0.15, 0.2) is 28.7 Å². The van der Waals surface area contributed by atoms with E-state index < -0.39 is 0 Å². The van der Waals surface area contributed by atoms with Crippen LogP contribution in [0, 0.1) is 13.8 Å². The van der Waals surface area contributed by atoms with E-state index in [1.807, 2.05) is 19.1 Å². The second kappa shape index (κ2) is 4.49. The highest BCUT2D eigenvalue weighted by Gasteiger charge is 2.10. The van der Waals surface area contributed by atoms with Gasteiger partial charge in [0.15, 0.2) is 0 Å². The van der Waals surface area contributed by atoms with E-state index in [0.717, 1.165) is 23.4 Å². The SMILES string of the molecule is Cc1ccc(-c2nc(C)c(CCN)o2)cc1. The van der Waals surface area contributed by atoms with Crippen molar-refractivity contribution in [1.29, 1.82) is 0 Å². The third-order valence-corrected chi connectivity index (χ3v) is 2.56. The molecule has 1 aromatic heterocycles. The number of hydrogen-bond donors (Lipinski definition) is 1. The van der Waals surface area contributed by atoms with Gasteiger partial charge in [-0.25, -0.2) is 4.98 Å². The Bertz CT molecular complexity index is 471. The van der Waals surface area contributed by atoms with Crippen LogP contribution in [-0.2, 0) is 6.42 Å². The molecule has 0 saturated carbocycles. The van der Waals surface area contributed by atoms with Crippen molar-refractivity contribution in [2.45, 2.75) is 20.3 Å². The summed E-state index contributed by atoms with van der Waals surface area (Å²) in [6.45, 7) is 4.60. The fourth-order valence-corrected chi connectivity index (χ4v) is 1.61. The van der Waals surface area contributed by atoms with Crippen molar-refractivity contribution in [1.82, 2.24) is 4.98 Å². The fourth-order valence-electron chi connectivity index (χ4n) is 1.61. The molecule has 0 aliphatic heterocycles. The van der Waals surface area contributed by atoms with Crippen LogP contribution in [0.2, 0.25) is 0 Å². The van der Waals surface area contributed by atoms with E-state index in [2.05, 4.69) is 24.0 Å². The minimum Gasteiger partial charge on any atom is -0.441 e. The van der Waals surface area contributed by atoms with E-state index in [1.54, 1.807) is 0 Å². The molecule has 1 heterocycles. The molecule has 0 amide bonds. The number of aromatic nitrogens is 1. The van der Waals surface area contributed by atoms with Crippen LogP contribution >= 0.6 is 0 Å². The highest BCUT2D eigenvalue weighted by Crippen LogP contribution is 2.22. The molecule has 0 spiro atoms. The van der Waals surface area contributed by atoms with Gasteiger partial charge < -0.3 is 10.2 Å². The first-order chi connectivity index (χ1) is 7.70. The fraction of sp³-hybridized carbons (Fsp3) is 0.308. The molecule has 3 heteroatoms. The van der Waals surface area contributed by atoms with Crippen LogP contribution in [0.1, 0.15) is 17.0 Å². The molecule has 0 atom stereocenters. The molecule has 3 nitrogen and oxygen atoms in total. The van der Waals surface area contributed by atoms with Crippen LogP contribution in [0.4, 0.5) is 0 Å². The first-order valence-corrected chi connectivity index (χ1v) is 5.44. The molecule has 0 fully saturated rings. The molecule has 0 aliphatic carbocycles. The Morgan fingerprint density at radius 3 is 2.50 bits per heavy atom. The van der Waals surface area contributed by atoms with Gasteiger partial charge in [-0.1, -0.05) is 17.7 Å². The zero-order valence-electron chi connectivity index (χ0n) is 9.66. The average Bonchev–Trinajstić information content (AvgIpc) is 2.62. The van der Waals surface area contributed by atoms with Gasteiger partial charge in [0.05, 0.1) is 5.69 Å². The van der Waals surface area contributed by atoms with Crippen LogP contribution in [0.5, 0.6) is 0 Å². The zero-order chi connectivity index (χ0) is 11.5. The van der Waals surface area contributed by atoms with Crippen molar-refractivity contribution >= 4 is 0 Å². The van der Waals surface area contributed by atoms with Crippen molar-refractivity contribution in [3.05, 3.63) is 41.3 Å². The molecule has 2 rings (SSSR count). The molecule has 0 aliphatic rings. The lowest BCUT2D eigenvalue weighted by atomic mass is 10.1. The maximum Gasteiger partial charge on any atom is 0.226 e. The third kappa shape index (κ3) is 2.14. The summed E-state index contributed by atoms with van der Waals surface area (Å²) in [5, 5.41) is 0. The van der Waals surface area contributed by atoms with Gasteiger partial charge in [-0.3, -0.25) is 0 Å². The van der Waals surface area contributed by atoms with Gasteiger partial charge >= 0.3 is 0 Å². The molecule has 84 valence electrons. The van der Waals surface area contributed by atoms with E-state index >= 15 is 0 Å². The molecule has 0 unspecified atom stereocenters. The summed E-state index contributed by atoms with van der Waals surface area (Å²) in [5.41, 5.74) is 8.68. The lowest BCUT2D eigenvalue weighted by Gasteiger charge is -1.96. The third-order valence-electron chi connectivity index (χ3n) is 2.56. The first-order valence-electron chi connectivity index (χ1n) is 5.44. The summed E-state index contributed by atoms with van der Waals surface area (Å²) in [5.74, 6) is 1.57. The number of rotatable bonds is 3. The molecular formula is C13H16N2O. The smallest absolute Gasteiger partial charge is 0.226 e. The standard InChI is InChI=1S/C13H16N2O/c1-9-3-5-11(6-4-9)13-15-10(2)12(16-13)7-8-14/h3-6H,7-8,14H2,1-2H3. The van der Waals surface area contributed by atoms with Gasteiger partial charge in [-0.2, -0.15) is 0 Å². The first kappa shape index (κ1) is 10.9. The summed E-state index contributed by atoms with van der Waals surface area (Å²) in [6.07, 6.45) is 0.741. The predicted octanol–water partition coefficient (Wildman–Crippen LogP) is 2.46. The van der Waals surface area contributed by atoms with Crippen molar-refractivity contribution in [2.24, 2.45) is 5.73 Å². The van der Waals surface area contributed by atoms with Gasteiger partial charge in [0.25, 0.3) is 0 Å². The number of nitrogens with two attached hydrogens (primary N) is 1. The molecule has 16 heavy (non-hydrogen) atoms. The normalized spacial score (nSPS) is 10.7. The van der Waals surface area contributed by atoms with Crippen LogP contribution in [0.25, 0.3) is 11.5 Å². The minimum atomic E-state index is 0.587. The van der Waals surface area contributed by atoms with Crippen molar-refractivity contribution < 1.29 is 4.42 Å². The Kier molecular flexibility index (Phi) is 3.06. The monoisotopic (exact) mass is 216 g/mol. The maximum atomic E-state index is 5.69. The van der Waals surface area contributed by atoms with Crippen LogP contribution in [0.3, 0.4) is 0 Å². The van der Waals surface area contributed by atoms with Gasteiger partial charge in [0, 0.05) is 12.0 Å². The Morgan fingerprint density at radius 1 is 1.19 bits per heavy atom. The number of aryl methyl sites for hydroxylation is 2. The Hall–Kier alpha value is -1.61. The van der Waals surface area contributed by atoms with E-state index in [9.17, 15) is 0 Å². The van der Waals surface area contributed by atoms with E-state index in [1.165, 1.54) is 5.56 Å². The number of nitrogens with zero attached hydrogens (tertiary/aromatic N) is 1. The topological polar surface area (TPSA) is 52.0 Å². The lowest BCUT2D eigenvalue weighted by molar-refractivity contribution is 0.517. The minimum absolute atomic E-state index is 0.587. The Balaban J connectivity index is 2.33. The van der Waals surface area contributed by atoms with Crippen LogP contribution in [-0.4, -0.2) is 11.5 Å². The summed E-state index contributed by atoms with van der Waals surface area (Å²) in [6, 6.07) is 8.15. The van der Waals surface area contributed by atoms with Gasteiger partial charge in [-0.15, -0.1) is 0 Å². The van der Waals surface area contributed by atoms with Gasteiger partial charge in [0.2, 0.25) is 5.89 Å². The highest BCUT2D eigenvalue weighted by molar-refractivity contribution is 5.54. The van der Waals surface area contributed by atoms with Crippen molar-refractivity contribution in [3.63, 3.8) is 0 Å². The molecule has 0 saturated heterocycles. The average molecular weight is 216 g/mol. The van der Waals surface area contributed by atoms with Gasteiger partial charge in [-0.05, 0) is 32.5 Å². The molecule has 1 aromatic carbocycles. The predicted molar refractivity (Wildman–Crippen MR) is 64.2 cm³/mol. The summed E-state index contributed by atoms with van der Waals surface area (Å²) in [7, 11) is 0. The molecule has 2 aromatic rings. The molecule has 0 radical (unpaired) electrons. The molecule has 0 bridgehead atoms. The molecule has 2 N–H and O–H groups in total. The van der Waals surface area contributed by atoms with E-state index in [0.29, 0.717) is 12.4 Å². The summed E-state index contributed by atoms with van der Waals surface area (Å²) < 4.78 is 5.69. The summed E-state index contributed by atoms with van der Waals surface area (Å²) >= 11 is 0. The largest absolute Gasteiger partial charge is 0.441 e. The van der Waals surface area contributed by atoms with Gasteiger partial charge in [0.1, 0.15) is 5.76 Å². The maximum absolute atomic E-state index is 5.69. The number of benzene rings is 1. The quantitative estimate of drug-likeness (QED) is 0.857. The van der Waals surface area contributed by atoms with E-state index in [4.69, 9.17) is 10.2 Å². The number of hydrogen-bond acceptors (Lipinski definition) is 3. The Morgan fingerprint density at radius 2 is 1.88 bits per heavy atom. The van der Waals surface area contributed by atoms with Crippen LogP contribution < -0.4 is 5.73 Å². The highest BCUT2D eigenvalue weighted by atomic mass is 16.4. The zero-order valence-corrected chi connectivity index (χ0v) is 9.66. The second-order valence-corrected chi connectivity index (χ2v) is 3.93. The van der Waals surface area contributed by atoms with Crippen molar-refractivity contribution in [3.8, 4) is 11.5 Å². The Labute approximate surface area is 95.3 Å². The number of oxazole rings is 1. The van der Waals surface area contributed by atoms with E-state index in [-0.39, 0.29) is 0 Å². The van der Waals surface area contributed by atoms with Crippen molar-refractivity contribution in [2.75, 3.05) is 6.54 Å². The lowest BCUT2D eigenvalue weighted by Crippen LogP contribution is -2.02.